The maximum Gasteiger partial charge on any atom is 0.235 e. The van der Waals surface area contributed by atoms with Gasteiger partial charge in [0.05, 0.1) is 11.3 Å². The summed E-state index contributed by atoms with van der Waals surface area (Å²) in [6.07, 6.45) is 3.60. The van der Waals surface area contributed by atoms with Crippen LogP contribution in [0.25, 0.3) is 0 Å². The summed E-state index contributed by atoms with van der Waals surface area (Å²) in [5, 5.41) is 23.6. The van der Waals surface area contributed by atoms with Gasteiger partial charge in [0.15, 0.2) is 5.16 Å². The Morgan fingerprint density at radius 1 is 1.31 bits per heavy atom. The molecule has 3 aromatic rings. The molecule has 184 valence electrons. The lowest BCUT2D eigenvalue weighted by Gasteiger charge is -2.33. The molecule has 1 aliphatic carbocycles. The fourth-order valence-corrected chi connectivity index (χ4v) is 6.72. The summed E-state index contributed by atoms with van der Waals surface area (Å²) in [4.78, 5) is 14.1. The van der Waals surface area contributed by atoms with E-state index in [1.165, 1.54) is 16.6 Å². The highest BCUT2D eigenvalue weighted by Gasteiger charge is 2.32. The molecule has 1 N–H and O–H groups in total. The van der Waals surface area contributed by atoms with Crippen molar-refractivity contribution in [3.63, 3.8) is 0 Å². The highest BCUT2D eigenvalue weighted by molar-refractivity contribution is 7.99. The lowest BCUT2D eigenvalue weighted by molar-refractivity contribution is -0.113. The van der Waals surface area contributed by atoms with E-state index in [1.807, 2.05) is 35.8 Å². The van der Waals surface area contributed by atoms with Crippen LogP contribution in [-0.2, 0) is 30.6 Å². The number of hydrogen-bond donors (Lipinski definition) is 1. The van der Waals surface area contributed by atoms with E-state index in [0.29, 0.717) is 39.6 Å². The molecule has 0 fully saturated rings. The number of fused-ring (bicyclic) bond motifs is 1. The Bertz CT molecular complexity index is 1250. The van der Waals surface area contributed by atoms with Gasteiger partial charge in [-0.3, -0.25) is 4.79 Å². The predicted octanol–water partition coefficient (Wildman–Crippen LogP) is 6.36. The zero-order valence-corrected chi connectivity index (χ0v) is 22.9. The molecule has 1 aromatic carbocycles. The van der Waals surface area contributed by atoms with Gasteiger partial charge in [0, 0.05) is 22.9 Å². The number of nitrogens with one attached hydrogen (secondary N) is 1. The van der Waals surface area contributed by atoms with Crippen LogP contribution in [0.5, 0.6) is 0 Å². The van der Waals surface area contributed by atoms with Gasteiger partial charge in [-0.2, -0.15) is 5.26 Å². The number of hydrogen-bond acceptors (Lipinski definition) is 6. The molecule has 6 nitrogen and oxygen atoms in total. The maximum atomic E-state index is 12.8. The van der Waals surface area contributed by atoms with Crippen LogP contribution in [0.4, 0.5) is 5.00 Å². The Labute approximate surface area is 220 Å². The van der Waals surface area contributed by atoms with E-state index < -0.39 is 0 Å². The lowest BCUT2D eigenvalue weighted by Crippen LogP contribution is -2.26. The van der Waals surface area contributed by atoms with Crippen molar-refractivity contribution in [2.24, 2.45) is 11.3 Å². The molecule has 0 spiro atoms. The van der Waals surface area contributed by atoms with Gasteiger partial charge in [0.25, 0.3) is 0 Å². The smallest absolute Gasteiger partial charge is 0.235 e. The number of rotatable bonds is 7. The van der Waals surface area contributed by atoms with Crippen molar-refractivity contribution in [3.05, 3.63) is 56.7 Å². The fraction of sp³-hybridized carbons (Fsp3) is 0.462. The van der Waals surface area contributed by atoms with E-state index in [4.69, 9.17) is 11.6 Å². The summed E-state index contributed by atoms with van der Waals surface area (Å²) in [7, 11) is 0. The van der Waals surface area contributed by atoms with E-state index in [1.54, 1.807) is 11.3 Å². The van der Waals surface area contributed by atoms with Gasteiger partial charge in [0.1, 0.15) is 16.9 Å². The summed E-state index contributed by atoms with van der Waals surface area (Å²) in [6, 6.07) is 10.0. The first-order valence-electron chi connectivity index (χ1n) is 11.8. The number of aromatic nitrogens is 3. The molecule has 0 radical (unpaired) electrons. The van der Waals surface area contributed by atoms with Crippen molar-refractivity contribution in [1.29, 1.82) is 5.26 Å². The van der Waals surface area contributed by atoms with Crippen LogP contribution in [0.15, 0.2) is 29.4 Å². The molecular formula is C26H30ClN5OS2. The second-order valence-corrected chi connectivity index (χ2v) is 12.4. The van der Waals surface area contributed by atoms with Crippen molar-refractivity contribution < 1.29 is 4.79 Å². The monoisotopic (exact) mass is 527 g/mol. The lowest BCUT2D eigenvalue weighted by atomic mass is 9.72. The Morgan fingerprint density at radius 3 is 2.71 bits per heavy atom. The fourth-order valence-electron chi connectivity index (χ4n) is 4.48. The molecule has 0 saturated heterocycles. The molecule has 1 aliphatic rings. The minimum Gasteiger partial charge on any atom is -0.316 e. The van der Waals surface area contributed by atoms with Gasteiger partial charge in [0.2, 0.25) is 5.91 Å². The van der Waals surface area contributed by atoms with E-state index in [2.05, 4.69) is 42.4 Å². The summed E-state index contributed by atoms with van der Waals surface area (Å²) in [5.41, 5.74) is 3.09. The number of carbonyl (C=O) groups excluding carboxylic acids is 1. The van der Waals surface area contributed by atoms with Crippen molar-refractivity contribution in [3.8, 4) is 6.07 Å². The van der Waals surface area contributed by atoms with Gasteiger partial charge in [-0.25, -0.2) is 0 Å². The molecule has 9 heteroatoms. The van der Waals surface area contributed by atoms with Crippen LogP contribution >= 0.6 is 34.7 Å². The quantitative estimate of drug-likeness (QED) is 0.361. The van der Waals surface area contributed by atoms with Gasteiger partial charge < -0.3 is 9.88 Å². The third kappa shape index (κ3) is 5.91. The Kier molecular flexibility index (Phi) is 7.89. The number of benzene rings is 1. The van der Waals surface area contributed by atoms with Crippen LogP contribution in [0, 0.1) is 22.7 Å². The third-order valence-corrected chi connectivity index (χ3v) is 8.96. The van der Waals surface area contributed by atoms with Crippen molar-refractivity contribution in [1.82, 2.24) is 14.8 Å². The number of carbonyl (C=O) groups is 1. The van der Waals surface area contributed by atoms with E-state index in [-0.39, 0.29) is 17.1 Å². The molecule has 0 bridgehead atoms. The molecule has 35 heavy (non-hydrogen) atoms. The highest BCUT2D eigenvalue weighted by atomic mass is 35.5. The number of anilines is 1. The zero-order valence-electron chi connectivity index (χ0n) is 20.5. The summed E-state index contributed by atoms with van der Waals surface area (Å²) < 4.78 is 2.03. The standard InChI is InChI=1S/C26H30ClN5OS2/c1-5-32-22(12-16-6-9-18(27)10-7-16)30-31-25(32)34-15-23(33)29-24-20(14-28)19-11-8-17(26(2,3)4)13-21(19)35-24/h6-7,9-10,17H,5,8,11-13,15H2,1-4H3,(H,29,33). The SMILES string of the molecule is CCn1c(Cc2ccc(Cl)cc2)nnc1SCC(=O)Nc1sc2c(c1C#N)CCC(C(C)(C)C)C2. The van der Waals surface area contributed by atoms with Crippen molar-refractivity contribution in [2.45, 2.75) is 65.1 Å². The Morgan fingerprint density at radius 2 is 2.06 bits per heavy atom. The Hall–Kier alpha value is -2.34. The van der Waals surface area contributed by atoms with Crippen LogP contribution in [0.1, 0.15) is 61.5 Å². The molecule has 1 atom stereocenters. The topological polar surface area (TPSA) is 83.6 Å². The van der Waals surface area contributed by atoms with E-state index >= 15 is 0 Å². The van der Waals surface area contributed by atoms with Gasteiger partial charge in [-0.05, 0) is 60.8 Å². The number of thioether (sulfide) groups is 1. The largest absolute Gasteiger partial charge is 0.316 e. The molecular weight excluding hydrogens is 498 g/mol. The molecule has 0 aliphatic heterocycles. The summed E-state index contributed by atoms with van der Waals surface area (Å²) >= 11 is 8.91. The van der Waals surface area contributed by atoms with Crippen LogP contribution in [-0.4, -0.2) is 26.4 Å². The maximum absolute atomic E-state index is 12.8. The van der Waals surface area contributed by atoms with Gasteiger partial charge >= 0.3 is 0 Å². The average Bonchev–Trinajstić information content (AvgIpc) is 3.37. The summed E-state index contributed by atoms with van der Waals surface area (Å²) in [6.45, 7) is 9.58. The van der Waals surface area contributed by atoms with Crippen molar-refractivity contribution in [2.75, 3.05) is 11.1 Å². The van der Waals surface area contributed by atoms with E-state index in [9.17, 15) is 10.1 Å². The second-order valence-electron chi connectivity index (χ2n) is 9.91. The Balaban J connectivity index is 1.41. The van der Waals surface area contributed by atoms with Crippen LogP contribution in [0.3, 0.4) is 0 Å². The number of nitrogens with zero attached hydrogens (tertiary/aromatic N) is 4. The van der Waals surface area contributed by atoms with Gasteiger partial charge in [-0.15, -0.1) is 21.5 Å². The number of thiophene rings is 1. The van der Waals surface area contributed by atoms with Crippen LogP contribution < -0.4 is 5.32 Å². The van der Waals surface area contributed by atoms with E-state index in [0.717, 1.165) is 36.2 Å². The number of halogens is 1. The minimum absolute atomic E-state index is 0.137. The zero-order chi connectivity index (χ0) is 25.2. The van der Waals surface area contributed by atoms with Crippen molar-refractivity contribution >= 4 is 45.6 Å². The first kappa shape index (κ1) is 25.7. The third-order valence-electron chi connectivity index (χ3n) is 6.57. The average molecular weight is 528 g/mol. The van der Waals surface area contributed by atoms with Crippen LogP contribution in [0.2, 0.25) is 5.02 Å². The number of amides is 1. The first-order chi connectivity index (χ1) is 16.7. The molecule has 2 aromatic heterocycles. The molecule has 2 heterocycles. The minimum atomic E-state index is -0.137. The molecule has 0 saturated carbocycles. The predicted molar refractivity (Wildman–Crippen MR) is 143 cm³/mol. The first-order valence-corrected chi connectivity index (χ1v) is 14.0. The highest BCUT2D eigenvalue weighted by Crippen LogP contribution is 2.44. The van der Waals surface area contributed by atoms with Gasteiger partial charge in [-0.1, -0.05) is 56.3 Å². The second kappa shape index (κ2) is 10.7. The molecule has 4 rings (SSSR count). The molecule has 1 amide bonds. The number of nitriles is 1. The summed E-state index contributed by atoms with van der Waals surface area (Å²) in [5.74, 6) is 1.50. The molecule has 1 unspecified atom stereocenters. The normalized spacial score (nSPS) is 15.5.